The number of methoxy groups -OCH3 is 1. The maximum atomic E-state index is 12.3. The summed E-state index contributed by atoms with van der Waals surface area (Å²) in [6.45, 7) is 3.84. The number of hydrogen-bond acceptors (Lipinski definition) is 5. The average molecular weight is 411 g/mol. The van der Waals surface area contributed by atoms with Gasteiger partial charge in [-0.3, -0.25) is 25.8 Å². The van der Waals surface area contributed by atoms with Crippen molar-refractivity contribution in [2.45, 2.75) is 0 Å². The Bertz CT molecular complexity index is 928. The SMILES string of the molecule is C=CCOc1ccccc1C(=O)NNC(=S)NC(=O)/C=C/c1ccccc1OC. The third-order valence-electron chi connectivity index (χ3n) is 3.57. The molecular formula is C21H21N3O4S. The number of carbonyl (C=O) groups is 2. The fourth-order valence-corrected chi connectivity index (χ4v) is 2.42. The summed E-state index contributed by atoms with van der Waals surface area (Å²) in [5.74, 6) is 0.117. The molecule has 0 spiro atoms. The van der Waals surface area contributed by atoms with Crippen LogP contribution in [0.3, 0.4) is 0 Å². The van der Waals surface area contributed by atoms with Gasteiger partial charge in [0.05, 0.1) is 12.7 Å². The molecule has 0 unspecified atom stereocenters. The molecule has 3 N–H and O–H groups in total. The lowest BCUT2D eigenvalue weighted by atomic mass is 10.2. The highest BCUT2D eigenvalue weighted by molar-refractivity contribution is 7.80. The number of carbonyl (C=O) groups excluding carboxylic acids is 2. The summed E-state index contributed by atoms with van der Waals surface area (Å²) in [4.78, 5) is 24.3. The average Bonchev–Trinajstić information content (AvgIpc) is 2.75. The Kier molecular flexibility index (Phi) is 8.40. The number of rotatable bonds is 7. The van der Waals surface area contributed by atoms with Crippen molar-refractivity contribution < 1.29 is 19.1 Å². The number of nitrogens with one attached hydrogen (secondary N) is 3. The number of ether oxygens (including phenoxy) is 2. The molecule has 2 aromatic carbocycles. The zero-order chi connectivity index (χ0) is 21.1. The minimum atomic E-state index is -0.467. The van der Waals surface area contributed by atoms with Crippen molar-refractivity contribution in [3.05, 3.63) is 78.4 Å². The molecule has 0 aliphatic carbocycles. The molecule has 2 amide bonds. The first-order valence-electron chi connectivity index (χ1n) is 8.60. The number of thiocarbonyl (C=S) groups is 1. The van der Waals surface area contributed by atoms with E-state index in [0.717, 1.165) is 5.56 Å². The molecule has 0 saturated carbocycles. The molecule has 0 saturated heterocycles. The van der Waals surface area contributed by atoms with Gasteiger partial charge in [0.15, 0.2) is 5.11 Å². The van der Waals surface area contributed by atoms with Crippen molar-refractivity contribution in [1.29, 1.82) is 0 Å². The first-order chi connectivity index (χ1) is 14.0. The van der Waals surface area contributed by atoms with Crippen LogP contribution in [0, 0.1) is 0 Å². The van der Waals surface area contributed by atoms with Crippen LogP contribution in [0.2, 0.25) is 0 Å². The van der Waals surface area contributed by atoms with E-state index in [0.29, 0.717) is 17.1 Å². The Morgan fingerprint density at radius 3 is 2.48 bits per heavy atom. The van der Waals surface area contributed by atoms with Crippen molar-refractivity contribution in [1.82, 2.24) is 16.2 Å². The predicted molar refractivity (Wildman–Crippen MR) is 116 cm³/mol. The van der Waals surface area contributed by atoms with Gasteiger partial charge >= 0.3 is 0 Å². The van der Waals surface area contributed by atoms with Crippen LogP contribution < -0.4 is 25.6 Å². The number of benzene rings is 2. The van der Waals surface area contributed by atoms with Crippen molar-refractivity contribution in [2.75, 3.05) is 13.7 Å². The van der Waals surface area contributed by atoms with Gasteiger partial charge in [-0.25, -0.2) is 0 Å². The van der Waals surface area contributed by atoms with Crippen molar-refractivity contribution in [2.24, 2.45) is 0 Å². The molecule has 0 fully saturated rings. The molecule has 150 valence electrons. The summed E-state index contributed by atoms with van der Waals surface area (Å²) in [5, 5.41) is 2.38. The molecule has 0 aliphatic heterocycles. The molecule has 0 heterocycles. The fourth-order valence-electron chi connectivity index (χ4n) is 2.26. The molecule has 0 aliphatic rings. The number of para-hydroxylation sites is 2. The molecular weight excluding hydrogens is 390 g/mol. The topological polar surface area (TPSA) is 88.7 Å². The van der Waals surface area contributed by atoms with Gasteiger partial charge in [0.2, 0.25) is 5.91 Å². The first-order valence-corrected chi connectivity index (χ1v) is 9.01. The van der Waals surface area contributed by atoms with Crippen LogP contribution in [0.15, 0.2) is 67.3 Å². The van der Waals surface area contributed by atoms with Crippen LogP contribution in [0.1, 0.15) is 15.9 Å². The molecule has 0 atom stereocenters. The van der Waals surface area contributed by atoms with Crippen molar-refractivity contribution in [3.8, 4) is 11.5 Å². The second kappa shape index (κ2) is 11.3. The van der Waals surface area contributed by atoms with E-state index in [1.807, 2.05) is 18.2 Å². The Balaban J connectivity index is 1.88. The van der Waals surface area contributed by atoms with Crippen LogP contribution in [-0.2, 0) is 4.79 Å². The maximum Gasteiger partial charge on any atom is 0.273 e. The summed E-state index contributed by atoms with van der Waals surface area (Å²) in [6.07, 6.45) is 4.49. The molecule has 2 rings (SSSR count). The Hall–Kier alpha value is -3.65. The standard InChI is InChI=1S/C21H21N3O4S/c1-3-14-28-18-11-7-5-9-16(18)20(26)23-24-21(29)22-19(25)13-12-15-8-4-6-10-17(15)27-2/h3-13H,1,14H2,2H3,(H,23,26)(H2,22,24,25,29)/b13-12+. The van der Waals surface area contributed by atoms with E-state index in [2.05, 4.69) is 22.7 Å². The highest BCUT2D eigenvalue weighted by Gasteiger charge is 2.12. The second-order valence-electron chi connectivity index (χ2n) is 5.57. The van der Waals surface area contributed by atoms with E-state index in [-0.39, 0.29) is 11.7 Å². The highest BCUT2D eigenvalue weighted by atomic mass is 32.1. The smallest absolute Gasteiger partial charge is 0.273 e. The van der Waals surface area contributed by atoms with Crippen LogP contribution in [0.25, 0.3) is 6.08 Å². The Labute approximate surface area is 174 Å². The molecule has 0 bridgehead atoms. The van der Waals surface area contributed by atoms with Gasteiger partial charge in [-0.2, -0.15) is 0 Å². The van der Waals surface area contributed by atoms with Crippen LogP contribution in [-0.4, -0.2) is 30.6 Å². The van der Waals surface area contributed by atoms with E-state index >= 15 is 0 Å². The van der Waals surface area contributed by atoms with Crippen LogP contribution in [0.5, 0.6) is 11.5 Å². The summed E-state index contributed by atoms with van der Waals surface area (Å²) in [5.41, 5.74) is 5.96. The largest absolute Gasteiger partial charge is 0.496 e. The lowest BCUT2D eigenvalue weighted by molar-refractivity contribution is -0.115. The van der Waals surface area contributed by atoms with Gasteiger partial charge in [-0.15, -0.1) is 0 Å². The molecule has 0 aromatic heterocycles. The van der Waals surface area contributed by atoms with Crippen molar-refractivity contribution in [3.63, 3.8) is 0 Å². The van der Waals surface area contributed by atoms with Crippen LogP contribution in [0.4, 0.5) is 0 Å². The van der Waals surface area contributed by atoms with E-state index in [4.69, 9.17) is 21.7 Å². The van der Waals surface area contributed by atoms with E-state index in [1.165, 1.54) is 6.08 Å². The summed E-state index contributed by atoms with van der Waals surface area (Å²) in [6, 6.07) is 14.0. The van der Waals surface area contributed by atoms with Gasteiger partial charge in [-0.1, -0.05) is 43.0 Å². The lowest BCUT2D eigenvalue weighted by Gasteiger charge is -2.12. The quantitative estimate of drug-likeness (QED) is 0.281. The van der Waals surface area contributed by atoms with Gasteiger partial charge < -0.3 is 9.47 Å². The monoisotopic (exact) mass is 411 g/mol. The molecule has 2 aromatic rings. The van der Waals surface area contributed by atoms with Crippen molar-refractivity contribution >= 4 is 35.2 Å². The predicted octanol–water partition coefficient (Wildman–Crippen LogP) is 2.61. The van der Waals surface area contributed by atoms with E-state index < -0.39 is 11.8 Å². The molecule has 8 heteroatoms. The summed E-state index contributed by atoms with van der Waals surface area (Å²) < 4.78 is 10.7. The first kappa shape index (κ1) is 21.6. The molecule has 29 heavy (non-hydrogen) atoms. The lowest BCUT2D eigenvalue weighted by Crippen LogP contribution is -2.48. The van der Waals surface area contributed by atoms with Gasteiger partial charge in [0, 0.05) is 11.6 Å². The highest BCUT2D eigenvalue weighted by Crippen LogP contribution is 2.18. The van der Waals surface area contributed by atoms with Gasteiger partial charge in [0.1, 0.15) is 18.1 Å². The zero-order valence-corrected chi connectivity index (χ0v) is 16.6. The summed E-state index contributed by atoms with van der Waals surface area (Å²) in [7, 11) is 1.55. The third-order valence-corrected chi connectivity index (χ3v) is 3.77. The summed E-state index contributed by atoms with van der Waals surface area (Å²) >= 11 is 5.02. The van der Waals surface area contributed by atoms with E-state index in [9.17, 15) is 9.59 Å². The third kappa shape index (κ3) is 6.78. The second-order valence-corrected chi connectivity index (χ2v) is 5.98. The zero-order valence-electron chi connectivity index (χ0n) is 15.8. The molecule has 7 nitrogen and oxygen atoms in total. The fraction of sp³-hybridized carbons (Fsp3) is 0.0952. The molecule has 0 radical (unpaired) electrons. The maximum absolute atomic E-state index is 12.3. The Morgan fingerprint density at radius 2 is 1.76 bits per heavy atom. The van der Waals surface area contributed by atoms with E-state index in [1.54, 1.807) is 49.6 Å². The number of amides is 2. The van der Waals surface area contributed by atoms with Crippen LogP contribution >= 0.6 is 12.2 Å². The normalized spacial score (nSPS) is 10.1. The minimum Gasteiger partial charge on any atom is -0.496 e. The van der Waals surface area contributed by atoms with Gasteiger partial charge in [0.25, 0.3) is 5.91 Å². The Morgan fingerprint density at radius 1 is 1.07 bits per heavy atom. The number of hydrogen-bond donors (Lipinski definition) is 3. The van der Waals surface area contributed by atoms with Gasteiger partial charge in [-0.05, 0) is 36.5 Å². The number of hydrazine groups is 1. The minimum absolute atomic E-state index is 0.0579.